The summed E-state index contributed by atoms with van der Waals surface area (Å²) in [5.74, 6) is 0.512. The van der Waals surface area contributed by atoms with Gasteiger partial charge in [-0.2, -0.15) is 6.07 Å². The Morgan fingerprint density at radius 2 is 1.48 bits per heavy atom. The Bertz CT molecular complexity index is 894. The van der Waals surface area contributed by atoms with Gasteiger partial charge in [-0.15, -0.1) is 34.5 Å². The molecule has 0 saturated carbocycles. The van der Waals surface area contributed by atoms with Crippen LogP contribution in [-0.2, 0) is 26.3 Å². The average molecular weight is 480 g/mol. The first-order chi connectivity index (χ1) is 12.6. The Balaban J connectivity index is 0.000000817. The number of hydrogen-bond acceptors (Lipinski definition) is 0. The summed E-state index contributed by atoms with van der Waals surface area (Å²) in [5.41, 5.74) is 8.48. The first-order valence-electron chi connectivity index (χ1n) is 9.37. The van der Waals surface area contributed by atoms with Crippen LogP contribution in [0.3, 0.4) is 0 Å². The molecule has 0 radical (unpaired) electrons. The third-order valence-electron chi connectivity index (χ3n) is 4.92. The van der Waals surface area contributed by atoms with Crippen molar-refractivity contribution in [3.05, 3.63) is 64.7 Å². The summed E-state index contributed by atoms with van der Waals surface area (Å²) in [5, 5.41) is 2.76. The van der Waals surface area contributed by atoms with Gasteiger partial charge in [0.1, 0.15) is 0 Å². The van der Waals surface area contributed by atoms with E-state index in [1.165, 1.54) is 44.2 Å². The van der Waals surface area contributed by atoms with E-state index < -0.39 is 20.8 Å². The van der Waals surface area contributed by atoms with Crippen LogP contribution in [0.15, 0.2) is 42.5 Å². The summed E-state index contributed by atoms with van der Waals surface area (Å²) in [7, 11) is 9.87. The topological polar surface area (TPSA) is 0 Å². The van der Waals surface area contributed by atoms with Gasteiger partial charge in [0.25, 0.3) is 0 Å². The predicted octanol–water partition coefficient (Wildman–Crippen LogP) is 8.64. The van der Waals surface area contributed by atoms with Crippen molar-refractivity contribution in [1.29, 1.82) is 0 Å². The summed E-state index contributed by atoms with van der Waals surface area (Å²) in [4.78, 5) is 0. The van der Waals surface area contributed by atoms with Crippen LogP contribution < -0.4 is 0 Å². The summed E-state index contributed by atoms with van der Waals surface area (Å²) in [6.07, 6.45) is 0. The van der Waals surface area contributed by atoms with E-state index in [9.17, 15) is 0 Å². The van der Waals surface area contributed by atoms with Crippen molar-refractivity contribution in [1.82, 2.24) is 0 Å². The molecule has 0 saturated heterocycles. The average Bonchev–Trinajstić information content (AvgIpc) is 2.97. The zero-order valence-corrected chi connectivity index (χ0v) is 21.3. The first kappa shape index (κ1) is 22.8. The maximum atomic E-state index is 4.93. The molecule has 0 heterocycles. The Hall–Kier alpha value is -0.487. The minimum atomic E-state index is -0.826. The molecular weight excluding hydrogens is 450 g/mol. The van der Waals surface area contributed by atoms with E-state index >= 15 is 0 Å². The summed E-state index contributed by atoms with van der Waals surface area (Å²) >= 11 is -0.826. The Labute approximate surface area is 183 Å². The van der Waals surface area contributed by atoms with Crippen LogP contribution in [0.4, 0.5) is 0 Å². The molecule has 144 valence electrons. The third kappa shape index (κ3) is 5.53. The maximum absolute atomic E-state index is 4.93. The van der Waals surface area contributed by atoms with E-state index in [2.05, 4.69) is 90.9 Å². The molecule has 0 aliphatic rings. The van der Waals surface area contributed by atoms with Gasteiger partial charge in [-0.3, -0.25) is 0 Å². The van der Waals surface area contributed by atoms with Crippen molar-refractivity contribution in [2.45, 2.75) is 59.8 Å². The fraction of sp³-hybridized carbons (Fsp3) is 0.375. The molecule has 0 unspecified atom stereocenters. The molecule has 0 nitrogen and oxygen atoms in total. The standard InChI is InChI=1S/C24H29.2ClH.Zr/c1-15(2)21-9-8-18-13-20(24(5,6)7)14-22(18)23(21)19-11-16(3)10-17(4)12-19;;;/h8-15H,1-7H3;2*1H;/q-1;;;+2/p-2. The Morgan fingerprint density at radius 3 is 1.96 bits per heavy atom. The van der Waals surface area contributed by atoms with Gasteiger partial charge in [0.15, 0.2) is 0 Å². The van der Waals surface area contributed by atoms with Crippen LogP contribution in [0, 0.1) is 13.8 Å². The van der Waals surface area contributed by atoms with E-state index in [0.717, 1.165) is 0 Å². The van der Waals surface area contributed by atoms with Crippen LogP contribution in [0.2, 0.25) is 0 Å². The van der Waals surface area contributed by atoms with E-state index in [1.54, 1.807) is 0 Å². The molecule has 0 amide bonds. The number of benzene rings is 2. The molecule has 3 aromatic carbocycles. The molecule has 0 aliphatic carbocycles. The molecule has 0 aromatic heterocycles. The van der Waals surface area contributed by atoms with Crippen LogP contribution in [-0.4, -0.2) is 0 Å². The monoisotopic (exact) mass is 477 g/mol. The summed E-state index contributed by atoms with van der Waals surface area (Å²) < 4.78 is 0. The fourth-order valence-electron chi connectivity index (χ4n) is 3.65. The molecule has 0 aliphatic heterocycles. The van der Waals surface area contributed by atoms with Crippen molar-refractivity contribution in [2.24, 2.45) is 0 Å². The zero-order valence-electron chi connectivity index (χ0n) is 17.4. The molecule has 0 N–H and O–H groups in total. The second-order valence-electron chi connectivity index (χ2n) is 8.63. The van der Waals surface area contributed by atoms with Gasteiger partial charge < -0.3 is 0 Å². The summed E-state index contributed by atoms with van der Waals surface area (Å²) in [6, 6.07) is 16.3. The molecule has 27 heavy (non-hydrogen) atoms. The molecule has 3 aromatic rings. The SMILES string of the molecule is Cc1cc(C)cc(-c2c(C(C)C)ccc3[cH-]c(C(C)(C)C)cc23)c1.[Cl][Zr][Cl]. The van der Waals surface area contributed by atoms with E-state index in [0.29, 0.717) is 5.92 Å². The quantitative estimate of drug-likeness (QED) is 0.323. The van der Waals surface area contributed by atoms with Crippen LogP contribution in [0.25, 0.3) is 21.9 Å². The van der Waals surface area contributed by atoms with Gasteiger partial charge in [-0.25, -0.2) is 0 Å². The van der Waals surface area contributed by atoms with Crippen molar-refractivity contribution in [2.75, 3.05) is 0 Å². The van der Waals surface area contributed by atoms with E-state index in [-0.39, 0.29) is 5.41 Å². The summed E-state index contributed by atoms with van der Waals surface area (Å²) in [6.45, 7) is 15.8. The molecular formula is C24H29Cl2Zr-. The Morgan fingerprint density at radius 1 is 0.926 bits per heavy atom. The van der Waals surface area contributed by atoms with E-state index in [4.69, 9.17) is 17.0 Å². The molecule has 0 fully saturated rings. The van der Waals surface area contributed by atoms with Gasteiger partial charge >= 0.3 is 37.9 Å². The molecule has 3 rings (SSSR count). The van der Waals surface area contributed by atoms with Crippen LogP contribution in [0.5, 0.6) is 0 Å². The van der Waals surface area contributed by atoms with Crippen molar-refractivity contribution < 1.29 is 20.8 Å². The van der Waals surface area contributed by atoms with Gasteiger partial charge in [-0.05, 0) is 30.7 Å². The van der Waals surface area contributed by atoms with Gasteiger partial charge in [0.05, 0.1) is 0 Å². The van der Waals surface area contributed by atoms with Gasteiger partial charge in [0.2, 0.25) is 0 Å². The number of halogens is 2. The van der Waals surface area contributed by atoms with Gasteiger partial charge in [0, 0.05) is 0 Å². The van der Waals surface area contributed by atoms with Crippen LogP contribution in [0.1, 0.15) is 62.8 Å². The predicted molar refractivity (Wildman–Crippen MR) is 119 cm³/mol. The molecule has 3 heteroatoms. The normalized spacial score (nSPS) is 11.5. The van der Waals surface area contributed by atoms with Crippen molar-refractivity contribution in [3.8, 4) is 11.1 Å². The molecule has 0 bridgehead atoms. The fourth-order valence-corrected chi connectivity index (χ4v) is 3.65. The van der Waals surface area contributed by atoms with Crippen LogP contribution >= 0.6 is 17.0 Å². The molecule has 0 spiro atoms. The van der Waals surface area contributed by atoms with Gasteiger partial charge in [-0.1, -0.05) is 75.1 Å². The second-order valence-corrected chi connectivity index (χ2v) is 12.4. The van der Waals surface area contributed by atoms with Crippen molar-refractivity contribution >= 4 is 27.8 Å². The second kappa shape index (κ2) is 9.34. The number of rotatable bonds is 2. The number of fused-ring (bicyclic) bond motifs is 1. The minimum absolute atomic E-state index is 0.177. The van der Waals surface area contributed by atoms with E-state index in [1.807, 2.05) is 0 Å². The third-order valence-corrected chi connectivity index (χ3v) is 4.92. The zero-order chi connectivity index (χ0) is 20.4. The number of aryl methyl sites for hydroxylation is 2. The molecule has 0 atom stereocenters. The Kier molecular flexibility index (Phi) is 7.89. The number of hydrogen-bond donors (Lipinski definition) is 0. The van der Waals surface area contributed by atoms with Crippen molar-refractivity contribution in [3.63, 3.8) is 0 Å². The first-order valence-corrected chi connectivity index (χ1v) is 15.7.